The smallest absolute Gasteiger partial charge is 0.246 e. The van der Waals surface area contributed by atoms with Gasteiger partial charge in [-0.1, -0.05) is 29.8 Å². The molecule has 2 aromatic carbocycles. The van der Waals surface area contributed by atoms with Gasteiger partial charge in [0, 0.05) is 12.2 Å². The second-order valence-electron chi connectivity index (χ2n) is 7.21. The Labute approximate surface area is 178 Å². The molecule has 162 valence electrons. The number of nitrogens with one attached hydrogen (secondary N) is 3. The van der Waals surface area contributed by atoms with Crippen molar-refractivity contribution in [3.05, 3.63) is 59.7 Å². The molecule has 0 radical (unpaired) electrons. The van der Waals surface area contributed by atoms with Crippen LogP contribution in [0.2, 0.25) is 0 Å². The minimum atomic E-state index is -0.607. The zero-order valence-corrected chi connectivity index (χ0v) is 17.7. The lowest BCUT2D eigenvalue weighted by Gasteiger charge is -2.19. The molecular formula is C23H32N4O3. The fourth-order valence-electron chi connectivity index (χ4n) is 2.98. The Morgan fingerprint density at radius 1 is 1.10 bits per heavy atom. The molecule has 2 rings (SSSR count). The summed E-state index contributed by atoms with van der Waals surface area (Å²) in [5.74, 6) is 0.318. The summed E-state index contributed by atoms with van der Waals surface area (Å²) in [5.41, 5.74) is 8.40. The molecule has 0 saturated carbocycles. The van der Waals surface area contributed by atoms with Gasteiger partial charge in [-0.25, -0.2) is 0 Å². The average molecular weight is 413 g/mol. The van der Waals surface area contributed by atoms with Crippen molar-refractivity contribution in [2.45, 2.75) is 38.8 Å². The van der Waals surface area contributed by atoms with Crippen molar-refractivity contribution in [3.63, 3.8) is 0 Å². The molecule has 7 nitrogen and oxygen atoms in total. The summed E-state index contributed by atoms with van der Waals surface area (Å²) in [4.78, 5) is 25.1. The second-order valence-corrected chi connectivity index (χ2v) is 7.21. The quantitative estimate of drug-likeness (QED) is 0.401. The first-order chi connectivity index (χ1) is 14.5. The van der Waals surface area contributed by atoms with E-state index in [9.17, 15) is 9.59 Å². The SMILES string of the molecule is COc1cccc(CNCC(=O)N[C@@H](CCCCN)C(=O)Nc2ccc(C)cc2)c1. The summed E-state index contributed by atoms with van der Waals surface area (Å²) >= 11 is 0. The van der Waals surface area contributed by atoms with Gasteiger partial charge in [0.05, 0.1) is 13.7 Å². The predicted molar refractivity (Wildman–Crippen MR) is 119 cm³/mol. The van der Waals surface area contributed by atoms with Gasteiger partial charge in [-0.05, 0) is 62.6 Å². The van der Waals surface area contributed by atoms with E-state index in [1.54, 1.807) is 7.11 Å². The van der Waals surface area contributed by atoms with Crippen LogP contribution in [0.25, 0.3) is 0 Å². The minimum absolute atomic E-state index is 0.114. The van der Waals surface area contributed by atoms with E-state index in [-0.39, 0.29) is 18.4 Å². The predicted octanol–water partition coefficient (Wildman–Crippen LogP) is 2.35. The number of carbonyl (C=O) groups excluding carboxylic acids is 2. The van der Waals surface area contributed by atoms with Crippen LogP contribution in [0, 0.1) is 6.92 Å². The van der Waals surface area contributed by atoms with Crippen LogP contribution in [0.1, 0.15) is 30.4 Å². The molecule has 0 bridgehead atoms. The lowest BCUT2D eigenvalue weighted by Crippen LogP contribution is -2.46. The molecule has 0 saturated heterocycles. The second kappa shape index (κ2) is 12.6. The van der Waals surface area contributed by atoms with E-state index in [2.05, 4.69) is 16.0 Å². The number of aryl methyl sites for hydroxylation is 1. The summed E-state index contributed by atoms with van der Waals surface area (Å²) < 4.78 is 5.20. The van der Waals surface area contributed by atoms with Gasteiger partial charge in [-0.2, -0.15) is 0 Å². The van der Waals surface area contributed by atoms with E-state index in [1.165, 1.54) is 0 Å². The molecule has 7 heteroatoms. The molecule has 2 amide bonds. The van der Waals surface area contributed by atoms with E-state index < -0.39 is 6.04 Å². The Morgan fingerprint density at radius 2 is 1.87 bits per heavy atom. The number of methoxy groups -OCH3 is 1. The van der Waals surface area contributed by atoms with Gasteiger partial charge in [0.2, 0.25) is 11.8 Å². The Hall–Kier alpha value is -2.90. The minimum Gasteiger partial charge on any atom is -0.497 e. The number of hydrogen-bond donors (Lipinski definition) is 4. The molecule has 0 unspecified atom stereocenters. The first kappa shape index (κ1) is 23.4. The van der Waals surface area contributed by atoms with Crippen molar-refractivity contribution < 1.29 is 14.3 Å². The van der Waals surface area contributed by atoms with Crippen molar-refractivity contribution >= 4 is 17.5 Å². The van der Waals surface area contributed by atoms with Crippen LogP contribution in [-0.4, -0.2) is 38.1 Å². The largest absolute Gasteiger partial charge is 0.497 e. The van der Waals surface area contributed by atoms with Crippen molar-refractivity contribution in [1.29, 1.82) is 0 Å². The summed E-state index contributed by atoms with van der Waals surface area (Å²) in [6, 6.07) is 14.6. The number of carbonyl (C=O) groups is 2. The molecule has 5 N–H and O–H groups in total. The highest BCUT2D eigenvalue weighted by atomic mass is 16.5. The zero-order valence-electron chi connectivity index (χ0n) is 17.7. The van der Waals surface area contributed by atoms with Crippen LogP contribution >= 0.6 is 0 Å². The van der Waals surface area contributed by atoms with Gasteiger partial charge < -0.3 is 26.4 Å². The number of anilines is 1. The van der Waals surface area contributed by atoms with E-state index in [0.29, 0.717) is 25.2 Å². The van der Waals surface area contributed by atoms with Crippen molar-refractivity contribution in [1.82, 2.24) is 10.6 Å². The normalized spacial score (nSPS) is 11.6. The molecular weight excluding hydrogens is 380 g/mol. The number of rotatable bonds is 12. The van der Waals surface area contributed by atoms with Crippen LogP contribution in [0.3, 0.4) is 0 Å². The van der Waals surface area contributed by atoms with Crippen LogP contribution in [0.15, 0.2) is 48.5 Å². The molecule has 0 aromatic heterocycles. The molecule has 0 aliphatic carbocycles. The molecule has 1 atom stereocenters. The lowest BCUT2D eigenvalue weighted by molar-refractivity contribution is -0.126. The molecule has 0 aliphatic rings. The highest BCUT2D eigenvalue weighted by Gasteiger charge is 2.20. The maximum Gasteiger partial charge on any atom is 0.246 e. The number of ether oxygens (including phenoxy) is 1. The van der Waals surface area contributed by atoms with Crippen molar-refractivity contribution in [2.75, 3.05) is 25.5 Å². The van der Waals surface area contributed by atoms with Gasteiger partial charge in [-0.15, -0.1) is 0 Å². The van der Waals surface area contributed by atoms with Crippen molar-refractivity contribution in [2.24, 2.45) is 5.73 Å². The van der Waals surface area contributed by atoms with Gasteiger partial charge >= 0.3 is 0 Å². The molecule has 2 aromatic rings. The van der Waals surface area contributed by atoms with E-state index in [0.717, 1.165) is 29.7 Å². The highest BCUT2D eigenvalue weighted by molar-refractivity contribution is 5.97. The molecule has 0 spiro atoms. The molecule has 0 heterocycles. The summed E-state index contributed by atoms with van der Waals surface area (Å²) in [7, 11) is 1.62. The van der Waals surface area contributed by atoms with Gasteiger partial charge in [0.1, 0.15) is 11.8 Å². The highest BCUT2D eigenvalue weighted by Crippen LogP contribution is 2.12. The summed E-state index contributed by atoms with van der Waals surface area (Å²) in [5, 5.41) is 8.82. The number of benzene rings is 2. The van der Waals surface area contributed by atoms with Gasteiger partial charge in [0.15, 0.2) is 0 Å². The Bertz CT molecular complexity index is 808. The van der Waals surface area contributed by atoms with Gasteiger partial charge in [0.25, 0.3) is 0 Å². The third kappa shape index (κ3) is 8.23. The summed E-state index contributed by atoms with van der Waals surface area (Å²) in [6.45, 7) is 3.18. The number of nitrogens with two attached hydrogens (primary N) is 1. The standard InChI is InChI=1S/C23H32N4O3/c1-17-9-11-19(12-10-17)26-23(29)21(8-3-4-13-24)27-22(28)16-25-15-18-6-5-7-20(14-18)30-2/h5-7,9-12,14,21,25H,3-4,8,13,15-16,24H2,1-2H3,(H,26,29)(H,27,28)/t21-/m0/s1. The maximum atomic E-state index is 12.7. The fraction of sp³-hybridized carbons (Fsp3) is 0.391. The number of hydrogen-bond acceptors (Lipinski definition) is 5. The fourth-order valence-corrected chi connectivity index (χ4v) is 2.98. The van der Waals surface area contributed by atoms with Crippen LogP contribution in [-0.2, 0) is 16.1 Å². The molecule has 30 heavy (non-hydrogen) atoms. The van der Waals surface area contributed by atoms with E-state index in [1.807, 2.05) is 55.5 Å². The lowest BCUT2D eigenvalue weighted by atomic mass is 10.1. The zero-order chi connectivity index (χ0) is 21.8. The van der Waals surface area contributed by atoms with Gasteiger partial charge in [-0.3, -0.25) is 9.59 Å². The Morgan fingerprint density at radius 3 is 2.57 bits per heavy atom. The van der Waals surface area contributed by atoms with E-state index >= 15 is 0 Å². The molecule has 0 aliphatic heterocycles. The monoisotopic (exact) mass is 412 g/mol. The Kier molecular flexibility index (Phi) is 9.83. The van der Waals surface area contributed by atoms with Crippen LogP contribution in [0.5, 0.6) is 5.75 Å². The van der Waals surface area contributed by atoms with Crippen LogP contribution < -0.4 is 26.4 Å². The topological polar surface area (TPSA) is 105 Å². The number of unbranched alkanes of at least 4 members (excludes halogenated alkanes) is 1. The average Bonchev–Trinajstić information content (AvgIpc) is 2.75. The maximum absolute atomic E-state index is 12.7. The Balaban J connectivity index is 1.87. The van der Waals surface area contributed by atoms with Crippen molar-refractivity contribution in [3.8, 4) is 5.75 Å². The number of amides is 2. The van der Waals surface area contributed by atoms with E-state index in [4.69, 9.17) is 10.5 Å². The first-order valence-corrected chi connectivity index (χ1v) is 10.2. The summed E-state index contributed by atoms with van der Waals surface area (Å²) in [6.07, 6.45) is 2.11. The third-order valence-electron chi connectivity index (χ3n) is 4.67. The first-order valence-electron chi connectivity index (χ1n) is 10.2. The molecule has 0 fully saturated rings. The van der Waals surface area contributed by atoms with Crippen LogP contribution in [0.4, 0.5) is 5.69 Å². The third-order valence-corrected chi connectivity index (χ3v) is 4.67.